The minimum absolute atomic E-state index is 0.116. The van der Waals surface area contributed by atoms with Crippen molar-refractivity contribution in [1.82, 2.24) is 4.57 Å². The molecule has 0 aromatic carbocycles. The molecule has 1 heterocycles. The lowest BCUT2D eigenvalue weighted by Gasteiger charge is -2.20. The van der Waals surface area contributed by atoms with E-state index in [0.29, 0.717) is 18.9 Å². The molecule has 1 aromatic heterocycles. The van der Waals surface area contributed by atoms with Crippen molar-refractivity contribution in [2.24, 2.45) is 5.73 Å². The summed E-state index contributed by atoms with van der Waals surface area (Å²) in [5.41, 5.74) is 5.36. The van der Waals surface area contributed by atoms with Gasteiger partial charge in [-0.15, -0.1) is 0 Å². The number of hydrogen-bond donors (Lipinski definition) is 1. The van der Waals surface area contributed by atoms with Crippen LogP contribution < -0.4 is 16.0 Å². The van der Waals surface area contributed by atoms with Crippen LogP contribution in [-0.4, -0.2) is 16.7 Å². The van der Waals surface area contributed by atoms with Crippen molar-refractivity contribution in [2.75, 3.05) is 6.61 Å². The Bertz CT molecular complexity index is 391. The molecule has 4 nitrogen and oxygen atoms in total. The van der Waals surface area contributed by atoms with E-state index < -0.39 is 5.54 Å². The molecule has 0 atom stereocenters. The fourth-order valence-corrected chi connectivity index (χ4v) is 1.40. The first-order valence-electron chi connectivity index (χ1n) is 5.55. The first kappa shape index (κ1) is 12.8. The minimum atomic E-state index is -0.410. The summed E-state index contributed by atoms with van der Waals surface area (Å²) in [7, 11) is 0. The van der Waals surface area contributed by atoms with Gasteiger partial charge in [-0.2, -0.15) is 0 Å². The molecule has 0 spiro atoms. The molecule has 1 aromatic rings. The fourth-order valence-electron chi connectivity index (χ4n) is 1.40. The Morgan fingerprint density at radius 1 is 1.50 bits per heavy atom. The second-order valence-corrected chi connectivity index (χ2v) is 4.64. The van der Waals surface area contributed by atoms with Crippen LogP contribution >= 0.6 is 0 Å². The van der Waals surface area contributed by atoms with E-state index in [4.69, 9.17) is 10.5 Å². The van der Waals surface area contributed by atoms with Crippen molar-refractivity contribution < 1.29 is 4.74 Å². The lowest BCUT2D eigenvalue weighted by Crippen LogP contribution is -2.40. The third-order valence-corrected chi connectivity index (χ3v) is 2.02. The highest BCUT2D eigenvalue weighted by molar-refractivity contribution is 5.17. The highest BCUT2D eigenvalue weighted by Gasteiger charge is 2.13. The molecule has 2 N–H and O–H groups in total. The smallest absolute Gasteiger partial charge is 0.292 e. The van der Waals surface area contributed by atoms with Gasteiger partial charge in [-0.05, 0) is 32.4 Å². The van der Waals surface area contributed by atoms with Crippen LogP contribution in [0.3, 0.4) is 0 Å². The van der Waals surface area contributed by atoms with E-state index in [2.05, 4.69) is 0 Å². The Kier molecular flexibility index (Phi) is 4.12. The third kappa shape index (κ3) is 3.70. The largest absolute Gasteiger partial charge is 0.488 e. The van der Waals surface area contributed by atoms with Crippen molar-refractivity contribution in [2.45, 2.75) is 39.3 Å². The monoisotopic (exact) mass is 224 g/mol. The molecule has 1 rings (SSSR count). The number of nitrogens with zero attached hydrogens (tertiary/aromatic N) is 1. The Labute approximate surface area is 96.0 Å². The van der Waals surface area contributed by atoms with Crippen molar-refractivity contribution >= 4 is 0 Å². The molecular weight excluding hydrogens is 204 g/mol. The fraction of sp³-hybridized carbons (Fsp3) is 0.583. The van der Waals surface area contributed by atoms with Crippen LogP contribution in [0.15, 0.2) is 23.1 Å². The summed E-state index contributed by atoms with van der Waals surface area (Å²) in [5, 5.41) is 0. The van der Waals surface area contributed by atoms with E-state index in [1.165, 1.54) is 0 Å². The molecule has 0 bridgehead atoms. The molecule has 0 unspecified atom stereocenters. The van der Waals surface area contributed by atoms with Gasteiger partial charge in [-0.1, -0.05) is 6.92 Å². The van der Waals surface area contributed by atoms with Gasteiger partial charge in [0.25, 0.3) is 5.56 Å². The van der Waals surface area contributed by atoms with Crippen LogP contribution in [0.4, 0.5) is 0 Å². The standard InChI is InChI=1S/C12H20N2O2/c1-4-8-16-10-6-5-7-14(11(10)15)9-12(2,3)13/h5-7H,4,8-9,13H2,1-3H3. The van der Waals surface area contributed by atoms with Gasteiger partial charge in [0.15, 0.2) is 5.75 Å². The number of rotatable bonds is 5. The molecule has 0 amide bonds. The molecule has 0 aliphatic rings. The molecule has 0 fully saturated rings. The zero-order chi connectivity index (χ0) is 12.2. The summed E-state index contributed by atoms with van der Waals surface area (Å²) >= 11 is 0. The zero-order valence-electron chi connectivity index (χ0n) is 10.2. The maximum absolute atomic E-state index is 11.9. The topological polar surface area (TPSA) is 57.2 Å². The summed E-state index contributed by atoms with van der Waals surface area (Å²) in [6, 6.07) is 3.50. The van der Waals surface area contributed by atoms with E-state index in [-0.39, 0.29) is 5.56 Å². The van der Waals surface area contributed by atoms with Crippen molar-refractivity contribution in [3.63, 3.8) is 0 Å². The summed E-state index contributed by atoms with van der Waals surface area (Å²) in [5.74, 6) is 0.397. The van der Waals surface area contributed by atoms with Gasteiger partial charge < -0.3 is 15.0 Å². The predicted molar refractivity (Wildman–Crippen MR) is 64.8 cm³/mol. The number of nitrogens with two attached hydrogens (primary N) is 1. The van der Waals surface area contributed by atoms with Gasteiger partial charge in [-0.3, -0.25) is 4.79 Å². The Hall–Kier alpha value is -1.29. The zero-order valence-corrected chi connectivity index (χ0v) is 10.2. The number of hydrogen-bond acceptors (Lipinski definition) is 3. The Morgan fingerprint density at radius 3 is 2.75 bits per heavy atom. The van der Waals surface area contributed by atoms with Gasteiger partial charge in [0.2, 0.25) is 0 Å². The quantitative estimate of drug-likeness (QED) is 0.822. The minimum Gasteiger partial charge on any atom is -0.488 e. The van der Waals surface area contributed by atoms with Crippen LogP contribution in [0, 0.1) is 0 Å². The molecule has 0 aliphatic carbocycles. The van der Waals surface area contributed by atoms with Crippen LogP contribution in [0.1, 0.15) is 27.2 Å². The van der Waals surface area contributed by atoms with E-state index >= 15 is 0 Å². The van der Waals surface area contributed by atoms with Gasteiger partial charge >= 0.3 is 0 Å². The first-order valence-corrected chi connectivity index (χ1v) is 5.55. The average Bonchev–Trinajstić information content (AvgIpc) is 2.17. The highest BCUT2D eigenvalue weighted by atomic mass is 16.5. The third-order valence-electron chi connectivity index (χ3n) is 2.02. The summed E-state index contributed by atoms with van der Waals surface area (Å²) in [6.45, 7) is 6.82. The summed E-state index contributed by atoms with van der Waals surface area (Å²) < 4.78 is 6.96. The Balaban J connectivity index is 2.91. The molecule has 0 radical (unpaired) electrons. The lowest BCUT2D eigenvalue weighted by atomic mass is 10.1. The van der Waals surface area contributed by atoms with Gasteiger partial charge in [0.1, 0.15) is 0 Å². The van der Waals surface area contributed by atoms with Crippen LogP contribution in [-0.2, 0) is 6.54 Å². The van der Waals surface area contributed by atoms with Crippen LogP contribution in [0.25, 0.3) is 0 Å². The number of pyridine rings is 1. The van der Waals surface area contributed by atoms with E-state index in [1.54, 1.807) is 22.9 Å². The van der Waals surface area contributed by atoms with Crippen molar-refractivity contribution in [3.05, 3.63) is 28.7 Å². The molecule has 0 saturated heterocycles. The summed E-state index contributed by atoms with van der Waals surface area (Å²) in [4.78, 5) is 11.9. The second-order valence-electron chi connectivity index (χ2n) is 4.64. The molecular formula is C12H20N2O2. The molecule has 90 valence electrons. The molecule has 0 saturated carbocycles. The first-order chi connectivity index (χ1) is 7.44. The van der Waals surface area contributed by atoms with Crippen LogP contribution in [0.5, 0.6) is 5.75 Å². The van der Waals surface area contributed by atoms with E-state index in [9.17, 15) is 4.79 Å². The number of aromatic nitrogens is 1. The highest BCUT2D eigenvalue weighted by Crippen LogP contribution is 2.05. The van der Waals surface area contributed by atoms with Gasteiger partial charge in [0.05, 0.1) is 6.61 Å². The predicted octanol–water partition coefficient (Wildman–Crippen LogP) is 1.37. The van der Waals surface area contributed by atoms with Gasteiger partial charge in [0, 0.05) is 18.3 Å². The molecule has 4 heteroatoms. The van der Waals surface area contributed by atoms with Crippen LogP contribution in [0.2, 0.25) is 0 Å². The lowest BCUT2D eigenvalue weighted by molar-refractivity contribution is 0.307. The maximum atomic E-state index is 11.9. The van der Waals surface area contributed by atoms with Crippen molar-refractivity contribution in [3.8, 4) is 5.75 Å². The average molecular weight is 224 g/mol. The van der Waals surface area contributed by atoms with E-state index in [1.807, 2.05) is 20.8 Å². The number of ether oxygens (including phenoxy) is 1. The van der Waals surface area contributed by atoms with Gasteiger partial charge in [-0.25, -0.2) is 0 Å². The Morgan fingerprint density at radius 2 is 2.19 bits per heavy atom. The SMILES string of the molecule is CCCOc1cccn(CC(C)(C)N)c1=O. The van der Waals surface area contributed by atoms with Crippen molar-refractivity contribution in [1.29, 1.82) is 0 Å². The second kappa shape index (κ2) is 5.16. The maximum Gasteiger partial charge on any atom is 0.292 e. The van der Waals surface area contributed by atoms with E-state index in [0.717, 1.165) is 6.42 Å². The normalized spacial score (nSPS) is 11.5. The molecule has 16 heavy (non-hydrogen) atoms. The molecule has 0 aliphatic heterocycles. The summed E-state index contributed by atoms with van der Waals surface area (Å²) in [6.07, 6.45) is 2.62.